The molecule has 0 heterocycles. The second-order valence-electron chi connectivity index (χ2n) is 14.5. The lowest BCUT2D eigenvalue weighted by molar-refractivity contribution is -0.461. The van der Waals surface area contributed by atoms with Crippen molar-refractivity contribution in [1.29, 1.82) is 0 Å². The van der Waals surface area contributed by atoms with Crippen molar-refractivity contribution in [2.45, 2.75) is 120 Å². The molecule has 43 heteroatoms. The molecule has 4 unspecified atom stereocenters. The largest absolute Gasteiger partial charge is 0.460 e. The van der Waals surface area contributed by atoms with Crippen LogP contribution >= 0.6 is 0 Å². The molecule has 73 heavy (non-hydrogen) atoms. The molecule has 440 valence electrons. The van der Waals surface area contributed by atoms with Crippen LogP contribution in [0.5, 0.6) is 0 Å². The van der Waals surface area contributed by atoms with E-state index in [0.717, 1.165) is 0 Å². The smallest absolute Gasteiger partial charge is 0.390 e. The van der Waals surface area contributed by atoms with Gasteiger partial charge in [-0.05, 0) is 0 Å². The normalized spacial score (nSPS) is 17.5. The van der Waals surface area contributed by atoms with Crippen molar-refractivity contribution in [1.82, 2.24) is 0 Å². The number of aliphatic hydroxyl groups excluding tert-OH is 2. The van der Waals surface area contributed by atoms with Gasteiger partial charge in [-0.1, -0.05) is 0 Å². The molecule has 0 saturated heterocycles. The second-order valence-corrected chi connectivity index (χ2v) is 17.7. The summed E-state index contributed by atoms with van der Waals surface area (Å²) in [4.78, 5) is 0. The molecule has 0 amide bonds. The van der Waals surface area contributed by atoms with Gasteiger partial charge in [-0.2, -0.15) is 149 Å². The van der Waals surface area contributed by atoms with Crippen molar-refractivity contribution < 1.29 is 182 Å². The van der Waals surface area contributed by atoms with Gasteiger partial charge in [0.15, 0.2) is 0 Å². The lowest BCUT2D eigenvalue weighted by Gasteiger charge is -2.42. The van der Waals surface area contributed by atoms with Gasteiger partial charge in [-0.3, -0.25) is 8.42 Å². The van der Waals surface area contributed by atoms with Crippen LogP contribution in [0.3, 0.4) is 0 Å². The van der Waals surface area contributed by atoms with E-state index in [1.54, 1.807) is 0 Å². The molecule has 0 radical (unpaired) electrons. The van der Waals surface area contributed by atoms with Crippen LogP contribution in [0.1, 0.15) is 12.8 Å². The zero-order chi connectivity index (χ0) is 58.9. The van der Waals surface area contributed by atoms with Crippen LogP contribution < -0.4 is 0 Å². The van der Waals surface area contributed by atoms with E-state index >= 15 is 0 Å². The van der Waals surface area contributed by atoms with Crippen molar-refractivity contribution in [3.05, 3.63) is 0 Å². The summed E-state index contributed by atoms with van der Waals surface area (Å²) in [5, 5.41) is 19.4. The van der Waals surface area contributed by atoms with Crippen molar-refractivity contribution >= 4 is 21.6 Å². The number of alkyl halides is 34. The summed E-state index contributed by atoms with van der Waals surface area (Å²) in [6, 6.07) is 0. The van der Waals surface area contributed by atoms with Gasteiger partial charge in [0.25, 0.3) is 0 Å². The topological polar surface area (TPSA) is 102 Å². The van der Waals surface area contributed by atoms with Crippen molar-refractivity contribution in [2.75, 3.05) is 62.7 Å². The zero-order valence-corrected chi connectivity index (χ0v) is 35.9. The van der Waals surface area contributed by atoms with Crippen LogP contribution in [0, 0.1) is 0 Å². The van der Waals surface area contributed by atoms with Crippen LogP contribution in [0.4, 0.5) is 149 Å². The van der Waals surface area contributed by atoms with Crippen molar-refractivity contribution in [2.24, 2.45) is 0 Å². The maximum atomic E-state index is 14.0. The third-order valence-corrected chi connectivity index (χ3v) is 11.8. The van der Waals surface area contributed by atoms with Gasteiger partial charge >= 0.3 is 95.3 Å². The Morgan fingerprint density at radius 1 is 0.301 bits per heavy atom. The summed E-state index contributed by atoms with van der Waals surface area (Å²) in [6.07, 6.45) is -26.2. The van der Waals surface area contributed by atoms with Gasteiger partial charge in [0, 0.05) is 45.9 Å². The second kappa shape index (κ2) is 22.6. The summed E-state index contributed by atoms with van der Waals surface area (Å²) in [5.41, 5.74) is 0. The Morgan fingerprint density at radius 3 is 0.712 bits per heavy atom. The third kappa shape index (κ3) is 13.2. The fourth-order valence-electron chi connectivity index (χ4n) is 4.66. The molecule has 0 saturated carbocycles. The molecule has 0 rings (SSSR count). The van der Waals surface area contributed by atoms with E-state index in [-0.39, 0.29) is 0 Å². The van der Waals surface area contributed by atoms with E-state index in [1.807, 2.05) is 0 Å². The summed E-state index contributed by atoms with van der Waals surface area (Å²) in [5.74, 6) is -123. The highest BCUT2D eigenvalue weighted by molar-refractivity contribution is 7.85. The molecular weight excluding hydrogens is 1180 g/mol. The first-order valence-electron chi connectivity index (χ1n) is 18.0. The van der Waals surface area contributed by atoms with Gasteiger partial charge in [-0.15, -0.1) is 0 Å². The first-order valence-corrected chi connectivity index (χ1v) is 21.0. The molecule has 0 bridgehead atoms. The monoisotopic (exact) mass is 1210 g/mol. The minimum Gasteiger partial charge on any atom is -0.390 e. The number of hydrogen-bond acceptors (Lipinski definition) is 7. The lowest BCUT2D eigenvalue weighted by Crippen LogP contribution is -2.74. The number of halogens is 34. The fourth-order valence-corrected chi connectivity index (χ4v) is 7.01. The van der Waals surface area contributed by atoms with Crippen LogP contribution in [-0.2, 0) is 35.8 Å². The minimum absolute atomic E-state index is 0.575. The first-order chi connectivity index (χ1) is 31.8. The van der Waals surface area contributed by atoms with Crippen LogP contribution in [0.15, 0.2) is 0 Å². The standard InChI is InChI=1S/C30H28F34O7S2/c31-15(32,17(35,36)19(39,40)21(43,44)23(47,48)25(51,52)27(55,56)29(59,60)61)1-7-72(67)11-13(65)9-70-5-3-69-4-6-71-10-14(66)12-73(68)8-2-16(33,34)18(37,38)20(41,42)22(45,46)24(49,50)26(53,54)28(57,58)30(62,63)64/h13-14,65-66H,1-12H2. The Bertz CT molecular complexity index is 1710. The summed E-state index contributed by atoms with van der Waals surface area (Å²) < 4.78 is 493. The average molecular weight is 1210 g/mol. The van der Waals surface area contributed by atoms with Crippen molar-refractivity contribution in [3.8, 4) is 0 Å². The summed E-state index contributed by atoms with van der Waals surface area (Å²) >= 11 is 0. The predicted molar refractivity (Wildman–Crippen MR) is 171 cm³/mol. The van der Waals surface area contributed by atoms with E-state index in [2.05, 4.69) is 9.47 Å². The van der Waals surface area contributed by atoms with E-state index in [9.17, 15) is 168 Å². The number of aliphatic hydroxyl groups is 2. The lowest BCUT2D eigenvalue weighted by atomic mass is 9.88. The molecule has 0 spiro atoms. The van der Waals surface area contributed by atoms with Gasteiger partial charge < -0.3 is 24.4 Å². The predicted octanol–water partition coefficient (Wildman–Crippen LogP) is 10.1. The SMILES string of the molecule is O=S(CCC(F)(F)C(F)(F)C(F)(F)C(F)(F)C(F)(F)C(F)(F)C(F)(F)C(F)(F)F)CC(O)COCCOCCOCC(O)CS(=O)CCC(F)(F)C(F)(F)C(F)(F)C(F)(F)C(F)(F)C(F)(F)C(F)(F)C(F)(F)F. The van der Waals surface area contributed by atoms with Crippen molar-refractivity contribution in [3.63, 3.8) is 0 Å². The molecule has 0 aromatic heterocycles. The molecule has 7 nitrogen and oxygen atoms in total. The molecule has 2 N–H and O–H groups in total. The Morgan fingerprint density at radius 2 is 0.493 bits per heavy atom. The van der Waals surface area contributed by atoms with Crippen LogP contribution in [-0.4, -0.2) is 189 Å². The highest BCUT2D eigenvalue weighted by Gasteiger charge is 2.97. The minimum atomic E-state index is -8.86. The van der Waals surface area contributed by atoms with Gasteiger partial charge in [0.2, 0.25) is 0 Å². The Kier molecular flexibility index (Phi) is 21.9. The van der Waals surface area contributed by atoms with Crippen LogP contribution in [0.25, 0.3) is 0 Å². The van der Waals surface area contributed by atoms with Crippen LogP contribution in [0.2, 0.25) is 0 Å². The molecular formula is C30H28F34O7S2. The maximum absolute atomic E-state index is 14.0. The molecule has 4 atom stereocenters. The molecule has 0 aromatic rings. The first kappa shape index (κ1) is 70.7. The van der Waals surface area contributed by atoms with E-state index in [0.29, 0.717) is 0 Å². The molecule has 0 aliphatic carbocycles. The highest BCUT2D eigenvalue weighted by atomic mass is 32.2. The Hall–Kier alpha value is -2.28. The highest BCUT2D eigenvalue weighted by Crippen LogP contribution is 2.66. The number of hydrogen-bond donors (Lipinski definition) is 2. The van der Waals surface area contributed by atoms with Gasteiger partial charge in [0.1, 0.15) is 0 Å². The number of rotatable bonds is 32. The Balaban J connectivity index is 5.08. The van der Waals surface area contributed by atoms with E-state index in [4.69, 9.17) is 4.74 Å². The quantitative estimate of drug-likeness (QED) is 0.0511. The van der Waals surface area contributed by atoms with Gasteiger partial charge in [-0.25, -0.2) is 0 Å². The summed E-state index contributed by atoms with van der Waals surface area (Å²) in [7, 11) is -6.28. The average Bonchev–Trinajstić information content (AvgIpc) is 3.19. The maximum Gasteiger partial charge on any atom is 0.460 e. The molecule has 0 fully saturated rings. The van der Waals surface area contributed by atoms with Gasteiger partial charge in [0.05, 0.1) is 63.4 Å². The van der Waals surface area contributed by atoms with E-state index < -0.39 is 205 Å². The molecule has 0 aliphatic rings. The molecule has 0 aliphatic heterocycles. The summed E-state index contributed by atoms with van der Waals surface area (Å²) in [6.45, 7) is -4.50. The fraction of sp³-hybridized carbons (Fsp3) is 1.00. The molecule has 0 aromatic carbocycles. The zero-order valence-electron chi connectivity index (χ0n) is 34.2. The van der Waals surface area contributed by atoms with E-state index in [1.165, 1.54) is 0 Å². The number of ether oxygens (including phenoxy) is 3. The Labute approximate surface area is 387 Å². The third-order valence-electron chi connectivity index (χ3n) is 8.98.